The quantitative estimate of drug-likeness (QED) is 0.744. The van der Waals surface area contributed by atoms with Crippen molar-refractivity contribution < 1.29 is 9.90 Å². The molecule has 2 unspecified atom stereocenters. The summed E-state index contributed by atoms with van der Waals surface area (Å²) in [5.41, 5.74) is 1.07. The van der Waals surface area contributed by atoms with Gasteiger partial charge in [0.05, 0.1) is 5.56 Å². The molecule has 4 heteroatoms. The average molecular weight is 248 g/mol. The fraction of sp³-hybridized carbons (Fsp3) is 0.500. The molecule has 1 aliphatic rings. The molecule has 18 heavy (non-hydrogen) atoms. The first-order valence-corrected chi connectivity index (χ1v) is 6.42. The van der Waals surface area contributed by atoms with E-state index in [1.54, 1.807) is 25.1 Å². The van der Waals surface area contributed by atoms with E-state index in [1.165, 1.54) is 0 Å². The van der Waals surface area contributed by atoms with Crippen molar-refractivity contribution in [2.45, 2.75) is 38.8 Å². The largest absolute Gasteiger partial charge is 0.507 e. The Morgan fingerprint density at radius 3 is 3.00 bits per heavy atom. The number of benzene rings is 1. The van der Waals surface area contributed by atoms with Crippen LogP contribution in [0.1, 0.15) is 35.7 Å². The van der Waals surface area contributed by atoms with Crippen LogP contribution in [0.15, 0.2) is 18.2 Å². The lowest BCUT2D eigenvalue weighted by molar-refractivity contribution is 0.0917. The molecule has 0 aliphatic carbocycles. The molecule has 3 N–H and O–H groups in total. The third-order valence-corrected chi connectivity index (χ3v) is 3.56. The maximum Gasteiger partial charge on any atom is 0.255 e. The number of phenols is 1. The molecule has 4 nitrogen and oxygen atoms in total. The number of aryl methyl sites for hydroxylation is 1. The zero-order valence-corrected chi connectivity index (χ0v) is 10.9. The summed E-state index contributed by atoms with van der Waals surface area (Å²) in [4.78, 5) is 12.1. The van der Waals surface area contributed by atoms with Crippen molar-refractivity contribution in [1.29, 1.82) is 0 Å². The fourth-order valence-electron chi connectivity index (χ4n) is 2.33. The van der Waals surface area contributed by atoms with Crippen molar-refractivity contribution in [3.63, 3.8) is 0 Å². The molecule has 1 aromatic rings. The maximum atomic E-state index is 12.1. The molecular formula is C14H20N2O2. The van der Waals surface area contributed by atoms with Gasteiger partial charge in [0, 0.05) is 12.1 Å². The van der Waals surface area contributed by atoms with Crippen molar-refractivity contribution in [1.82, 2.24) is 10.6 Å². The molecule has 0 bridgehead atoms. The van der Waals surface area contributed by atoms with Gasteiger partial charge in [-0.05, 0) is 44.9 Å². The number of carbonyl (C=O) groups excluding carboxylic acids is 1. The minimum absolute atomic E-state index is 0.0754. The number of hydrogen-bond acceptors (Lipinski definition) is 3. The van der Waals surface area contributed by atoms with Gasteiger partial charge in [-0.15, -0.1) is 0 Å². The van der Waals surface area contributed by atoms with Gasteiger partial charge in [0.15, 0.2) is 0 Å². The van der Waals surface area contributed by atoms with Crippen LogP contribution in [0.3, 0.4) is 0 Å². The van der Waals surface area contributed by atoms with E-state index in [0.717, 1.165) is 24.9 Å². The van der Waals surface area contributed by atoms with Crippen LogP contribution in [0.4, 0.5) is 0 Å². The van der Waals surface area contributed by atoms with Crippen molar-refractivity contribution in [2.24, 2.45) is 0 Å². The molecule has 1 heterocycles. The molecular weight excluding hydrogens is 228 g/mol. The Morgan fingerprint density at radius 2 is 2.28 bits per heavy atom. The average Bonchev–Trinajstić information content (AvgIpc) is 2.35. The van der Waals surface area contributed by atoms with Crippen LogP contribution in [-0.4, -0.2) is 29.6 Å². The van der Waals surface area contributed by atoms with Gasteiger partial charge < -0.3 is 15.7 Å². The molecule has 0 aromatic heterocycles. The molecule has 1 aliphatic heterocycles. The number of para-hydroxylation sites is 1. The van der Waals surface area contributed by atoms with Crippen molar-refractivity contribution in [3.8, 4) is 5.75 Å². The third kappa shape index (κ3) is 2.64. The number of carbonyl (C=O) groups is 1. The van der Waals surface area contributed by atoms with Gasteiger partial charge >= 0.3 is 0 Å². The first kappa shape index (κ1) is 12.9. The molecule has 2 rings (SSSR count). The van der Waals surface area contributed by atoms with Gasteiger partial charge in [-0.3, -0.25) is 4.79 Å². The van der Waals surface area contributed by atoms with E-state index in [9.17, 15) is 9.90 Å². The van der Waals surface area contributed by atoms with E-state index in [-0.39, 0.29) is 23.7 Å². The summed E-state index contributed by atoms with van der Waals surface area (Å²) >= 11 is 0. The lowest BCUT2D eigenvalue weighted by Crippen LogP contribution is -2.51. The number of rotatable bonds is 2. The molecule has 2 atom stereocenters. The molecule has 0 saturated carbocycles. The lowest BCUT2D eigenvalue weighted by atomic mass is 9.99. The summed E-state index contributed by atoms with van der Waals surface area (Å²) in [6.07, 6.45) is 2.04. The normalized spacial score (nSPS) is 23.7. The molecule has 1 aromatic carbocycles. The number of phenolic OH excluding ortho intramolecular Hbond substituents is 1. The molecule has 98 valence electrons. The minimum atomic E-state index is -0.197. The zero-order valence-electron chi connectivity index (χ0n) is 10.9. The number of aromatic hydroxyl groups is 1. The monoisotopic (exact) mass is 248 g/mol. The topological polar surface area (TPSA) is 61.4 Å². The smallest absolute Gasteiger partial charge is 0.255 e. The van der Waals surface area contributed by atoms with E-state index < -0.39 is 0 Å². The van der Waals surface area contributed by atoms with Crippen molar-refractivity contribution >= 4 is 5.91 Å². The summed E-state index contributed by atoms with van der Waals surface area (Å²) in [5, 5.41) is 16.2. The van der Waals surface area contributed by atoms with E-state index >= 15 is 0 Å². The molecule has 1 saturated heterocycles. The Morgan fingerprint density at radius 1 is 1.50 bits per heavy atom. The Hall–Kier alpha value is -1.55. The Kier molecular flexibility index (Phi) is 3.87. The third-order valence-electron chi connectivity index (χ3n) is 3.56. The second-order valence-corrected chi connectivity index (χ2v) is 4.94. The zero-order chi connectivity index (χ0) is 13.1. The van der Waals surface area contributed by atoms with Crippen LogP contribution in [0.2, 0.25) is 0 Å². The van der Waals surface area contributed by atoms with Crippen molar-refractivity contribution in [3.05, 3.63) is 29.3 Å². The second kappa shape index (κ2) is 5.40. The predicted octanol–water partition coefficient (Wildman–Crippen LogP) is 1.57. The summed E-state index contributed by atoms with van der Waals surface area (Å²) in [7, 11) is 0. The SMILES string of the molecule is Cc1cccc(C(=O)NC2CCCNC2C)c1O. The van der Waals surface area contributed by atoms with Crippen molar-refractivity contribution in [2.75, 3.05) is 6.54 Å². The van der Waals surface area contributed by atoms with Gasteiger partial charge in [0.1, 0.15) is 5.75 Å². The molecule has 0 radical (unpaired) electrons. The number of hydrogen-bond donors (Lipinski definition) is 3. The summed E-state index contributed by atoms with van der Waals surface area (Å²) in [5.74, 6) is -0.122. The standard InChI is InChI=1S/C14H20N2O2/c1-9-5-3-6-11(13(9)17)14(18)16-12-7-4-8-15-10(12)2/h3,5-6,10,12,15,17H,4,7-8H2,1-2H3,(H,16,18). The van der Waals surface area contributed by atoms with Crippen LogP contribution in [0.25, 0.3) is 0 Å². The van der Waals surface area contributed by atoms with Gasteiger partial charge in [-0.25, -0.2) is 0 Å². The van der Waals surface area contributed by atoms with E-state index in [4.69, 9.17) is 0 Å². The van der Waals surface area contributed by atoms with Crippen LogP contribution in [-0.2, 0) is 0 Å². The predicted molar refractivity (Wildman–Crippen MR) is 70.8 cm³/mol. The highest BCUT2D eigenvalue weighted by molar-refractivity contribution is 5.97. The first-order chi connectivity index (χ1) is 8.59. The summed E-state index contributed by atoms with van der Waals surface area (Å²) in [6.45, 7) is 4.86. The molecule has 1 amide bonds. The Balaban J connectivity index is 2.09. The maximum absolute atomic E-state index is 12.1. The summed E-state index contributed by atoms with van der Waals surface area (Å²) in [6, 6.07) is 5.63. The van der Waals surface area contributed by atoms with Crippen LogP contribution < -0.4 is 10.6 Å². The van der Waals surface area contributed by atoms with Crippen LogP contribution in [0.5, 0.6) is 5.75 Å². The number of piperidine rings is 1. The van der Waals surface area contributed by atoms with Crippen LogP contribution in [0, 0.1) is 6.92 Å². The highest BCUT2D eigenvalue weighted by Gasteiger charge is 2.23. The van der Waals surface area contributed by atoms with E-state index in [1.807, 2.05) is 0 Å². The van der Waals surface area contributed by atoms with E-state index in [2.05, 4.69) is 17.6 Å². The highest BCUT2D eigenvalue weighted by atomic mass is 16.3. The summed E-state index contributed by atoms with van der Waals surface area (Å²) < 4.78 is 0. The second-order valence-electron chi connectivity index (χ2n) is 4.94. The molecule has 1 fully saturated rings. The number of amides is 1. The Bertz CT molecular complexity index is 445. The first-order valence-electron chi connectivity index (χ1n) is 6.42. The van der Waals surface area contributed by atoms with Crippen LogP contribution >= 0.6 is 0 Å². The van der Waals surface area contributed by atoms with Gasteiger partial charge in [-0.1, -0.05) is 12.1 Å². The van der Waals surface area contributed by atoms with E-state index in [0.29, 0.717) is 5.56 Å². The minimum Gasteiger partial charge on any atom is -0.507 e. The van der Waals surface area contributed by atoms with Gasteiger partial charge in [-0.2, -0.15) is 0 Å². The van der Waals surface area contributed by atoms with Gasteiger partial charge in [0.25, 0.3) is 5.91 Å². The highest BCUT2D eigenvalue weighted by Crippen LogP contribution is 2.21. The van der Waals surface area contributed by atoms with Gasteiger partial charge in [0.2, 0.25) is 0 Å². The number of nitrogens with one attached hydrogen (secondary N) is 2. The Labute approximate surface area is 107 Å². The molecule has 0 spiro atoms. The lowest BCUT2D eigenvalue weighted by Gasteiger charge is -2.30. The fourth-order valence-corrected chi connectivity index (χ4v) is 2.33.